The summed E-state index contributed by atoms with van der Waals surface area (Å²) in [7, 11) is 2.02. The normalized spacial score (nSPS) is 18.8. The maximum Gasteiger partial charge on any atom is 0.000692 e. The first-order valence-corrected chi connectivity index (χ1v) is 8.68. The Morgan fingerprint density at radius 1 is 1.19 bits per heavy atom. The minimum atomic E-state index is 0.775. The van der Waals surface area contributed by atoms with E-state index >= 15 is 0 Å². The molecule has 0 radical (unpaired) electrons. The molecule has 0 spiro atoms. The number of hydrogen-bond acceptors (Lipinski definition) is 2. The van der Waals surface area contributed by atoms with E-state index in [4.69, 9.17) is 0 Å². The molecule has 1 N–H and O–H groups in total. The fourth-order valence-electron chi connectivity index (χ4n) is 3.24. The van der Waals surface area contributed by atoms with Crippen LogP contribution in [-0.2, 0) is 6.42 Å². The van der Waals surface area contributed by atoms with Gasteiger partial charge >= 0.3 is 0 Å². The SMILES string of the molecule is CCC(C)CN1CCC(c2ccc(CCNC)cc2)CC1. The summed E-state index contributed by atoms with van der Waals surface area (Å²) < 4.78 is 0. The highest BCUT2D eigenvalue weighted by molar-refractivity contribution is 5.26. The number of likely N-dealkylation sites (N-methyl/N-ethyl adjacent to an activating group) is 1. The Balaban J connectivity index is 1.81. The molecule has 1 aromatic rings. The average molecular weight is 288 g/mol. The molecular weight excluding hydrogens is 256 g/mol. The molecule has 0 bridgehead atoms. The second-order valence-corrected chi connectivity index (χ2v) is 6.68. The standard InChI is InChI=1S/C19H32N2/c1-4-16(2)15-21-13-10-19(11-14-21)18-7-5-17(6-8-18)9-12-20-3/h5-8,16,19-20H,4,9-15H2,1-3H3. The first kappa shape index (κ1) is 16.5. The van der Waals surface area contributed by atoms with Gasteiger partial charge in [-0.1, -0.05) is 44.5 Å². The van der Waals surface area contributed by atoms with E-state index in [1.807, 2.05) is 7.05 Å². The van der Waals surface area contributed by atoms with Gasteiger partial charge in [0.2, 0.25) is 0 Å². The number of benzene rings is 1. The molecule has 21 heavy (non-hydrogen) atoms. The van der Waals surface area contributed by atoms with Gasteiger partial charge in [0.15, 0.2) is 0 Å². The highest BCUT2D eigenvalue weighted by Crippen LogP contribution is 2.28. The van der Waals surface area contributed by atoms with Crippen LogP contribution < -0.4 is 5.32 Å². The molecule has 1 aromatic carbocycles. The molecular formula is C19H32N2. The van der Waals surface area contributed by atoms with E-state index in [1.54, 1.807) is 5.56 Å². The van der Waals surface area contributed by atoms with Crippen LogP contribution in [0.3, 0.4) is 0 Å². The summed E-state index contributed by atoms with van der Waals surface area (Å²) >= 11 is 0. The fourth-order valence-corrected chi connectivity index (χ4v) is 3.24. The number of likely N-dealkylation sites (tertiary alicyclic amines) is 1. The molecule has 0 saturated carbocycles. The van der Waals surface area contributed by atoms with Crippen molar-refractivity contribution in [1.29, 1.82) is 0 Å². The summed E-state index contributed by atoms with van der Waals surface area (Å²) in [6, 6.07) is 9.36. The second kappa shape index (κ2) is 8.55. The molecule has 118 valence electrons. The van der Waals surface area contributed by atoms with Crippen LogP contribution in [0.2, 0.25) is 0 Å². The third-order valence-corrected chi connectivity index (χ3v) is 4.97. The van der Waals surface area contributed by atoms with Crippen molar-refractivity contribution in [3.05, 3.63) is 35.4 Å². The Hall–Kier alpha value is -0.860. The molecule has 2 nitrogen and oxygen atoms in total. The van der Waals surface area contributed by atoms with E-state index < -0.39 is 0 Å². The van der Waals surface area contributed by atoms with E-state index in [0.717, 1.165) is 24.8 Å². The molecule has 1 fully saturated rings. The zero-order valence-corrected chi connectivity index (χ0v) is 14.1. The molecule has 1 aliphatic rings. The summed E-state index contributed by atoms with van der Waals surface area (Å²) in [5, 5.41) is 3.21. The summed E-state index contributed by atoms with van der Waals surface area (Å²) in [6.45, 7) is 9.57. The van der Waals surface area contributed by atoms with Gasteiger partial charge in [0, 0.05) is 6.54 Å². The fraction of sp³-hybridized carbons (Fsp3) is 0.684. The third-order valence-electron chi connectivity index (χ3n) is 4.97. The van der Waals surface area contributed by atoms with Crippen LogP contribution in [0.1, 0.15) is 50.2 Å². The van der Waals surface area contributed by atoms with Crippen molar-refractivity contribution in [1.82, 2.24) is 10.2 Å². The van der Waals surface area contributed by atoms with Crippen molar-refractivity contribution in [2.24, 2.45) is 5.92 Å². The predicted octanol–water partition coefficient (Wildman–Crippen LogP) is 3.67. The van der Waals surface area contributed by atoms with Gasteiger partial charge in [0.1, 0.15) is 0 Å². The minimum absolute atomic E-state index is 0.775. The zero-order valence-electron chi connectivity index (χ0n) is 14.1. The van der Waals surface area contributed by atoms with Crippen molar-refractivity contribution in [2.45, 2.75) is 45.4 Å². The van der Waals surface area contributed by atoms with Gasteiger partial charge in [-0.2, -0.15) is 0 Å². The summed E-state index contributed by atoms with van der Waals surface area (Å²) in [6.07, 6.45) is 5.08. The maximum absolute atomic E-state index is 3.21. The highest BCUT2D eigenvalue weighted by atomic mass is 15.1. The number of nitrogens with zero attached hydrogens (tertiary/aromatic N) is 1. The van der Waals surface area contributed by atoms with Crippen LogP contribution in [-0.4, -0.2) is 38.1 Å². The zero-order chi connectivity index (χ0) is 15.1. The highest BCUT2D eigenvalue weighted by Gasteiger charge is 2.21. The molecule has 2 rings (SSSR count). The molecule has 1 saturated heterocycles. The largest absolute Gasteiger partial charge is 0.319 e. The van der Waals surface area contributed by atoms with E-state index in [1.165, 1.54) is 44.5 Å². The summed E-state index contributed by atoms with van der Waals surface area (Å²) in [5.74, 6) is 1.62. The lowest BCUT2D eigenvalue weighted by molar-refractivity contribution is 0.186. The molecule has 0 aliphatic carbocycles. The molecule has 0 aromatic heterocycles. The first-order chi connectivity index (χ1) is 10.2. The van der Waals surface area contributed by atoms with Gasteiger partial charge < -0.3 is 10.2 Å². The van der Waals surface area contributed by atoms with E-state index in [0.29, 0.717) is 0 Å². The maximum atomic E-state index is 3.21. The minimum Gasteiger partial charge on any atom is -0.319 e. The van der Waals surface area contributed by atoms with Crippen molar-refractivity contribution >= 4 is 0 Å². The Labute approximate surface area is 130 Å². The van der Waals surface area contributed by atoms with E-state index in [9.17, 15) is 0 Å². The van der Waals surface area contributed by atoms with Crippen LogP contribution in [0.4, 0.5) is 0 Å². The van der Waals surface area contributed by atoms with Gasteiger partial charge in [-0.3, -0.25) is 0 Å². The lowest BCUT2D eigenvalue weighted by Gasteiger charge is -2.33. The van der Waals surface area contributed by atoms with E-state index in [-0.39, 0.29) is 0 Å². The molecule has 1 unspecified atom stereocenters. The third kappa shape index (κ3) is 5.12. The molecule has 1 heterocycles. The molecule has 1 aliphatic heterocycles. The molecule has 1 atom stereocenters. The lowest BCUT2D eigenvalue weighted by Crippen LogP contribution is -2.35. The Kier molecular flexibility index (Phi) is 6.72. The van der Waals surface area contributed by atoms with Gasteiger partial charge in [0.25, 0.3) is 0 Å². The van der Waals surface area contributed by atoms with Crippen LogP contribution in [0.15, 0.2) is 24.3 Å². The van der Waals surface area contributed by atoms with Crippen molar-refractivity contribution < 1.29 is 0 Å². The summed E-state index contributed by atoms with van der Waals surface area (Å²) in [5.41, 5.74) is 2.99. The van der Waals surface area contributed by atoms with Gasteiger partial charge in [-0.25, -0.2) is 0 Å². The van der Waals surface area contributed by atoms with Crippen molar-refractivity contribution in [3.8, 4) is 0 Å². The van der Waals surface area contributed by atoms with Crippen molar-refractivity contribution in [2.75, 3.05) is 33.2 Å². The Bertz CT molecular complexity index is 391. The smallest absolute Gasteiger partial charge is 0.000692 e. The van der Waals surface area contributed by atoms with Crippen LogP contribution >= 0.6 is 0 Å². The lowest BCUT2D eigenvalue weighted by atomic mass is 9.88. The predicted molar refractivity (Wildman–Crippen MR) is 91.9 cm³/mol. The topological polar surface area (TPSA) is 15.3 Å². The van der Waals surface area contributed by atoms with Crippen molar-refractivity contribution in [3.63, 3.8) is 0 Å². The van der Waals surface area contributed by atoms with Crippen LogP contribution in [0.25, 0.3) is 0 Å². The first-order valence-electron chi connectivity index (χ1n) is 8.68. The second-order valence-electron chi connectivity index (χ2n) is 6.68. The molecule has 2 heteroatoms. The number of rotatable bonds is 7. The number of hydrogen-bond donors (Lipinski definition) is 1. The number of piperidine rings is 1. The van der Waals surface area contributed by atoms with Crippen LogP contribution in [0.5, 0.6) is 0 Å². The van der Waals surface area contributed by atoms with Gasteiger partial charge in [0.05, 0.1) is 0 Å². The van der Waals surface area contributed by atoms with Gasteiger partial charge in [-0.15, -0.1) is 0 Å². The van der Waals surface area contributed by atoms with Crippen LogP contribution in [0, 0.1) is 5.92 Å². The number of nitrogens with one attached hydrogen (secondary N) is 1. The Morgan fingerprint density at radius 2 is 1.86 bits per heavy atom. The summed E-state index contributed by atoms with van der Waals surface area (Å²) in [4.78, 5) is 2.66. The van der Waals surface area contributed by atoms with E-state index in [2.05, 4.69) is 48.3 Å². The molecule has 0 amide bonds. The Morgan fingerprint density at radius 3 is 2.43 bits per heavy atom. The monoisotopic (exact) mass is 288 g/mol. The average Bonchev–Trinajstić information content (AvgIpc) is 2.54. The quantitative estimate of drug-likeness (QED) is 0.823. The van der Waals surface area contributed by atoms with Gasteiger partial charge in [-0.05, 0) is 68.9 Å².